The van der Waals surface area contributed by atoms with Crippen molar-refractivity contribution in [3.8, 4) is 0 Å². The van der Waals surface area contributed by atoms with Crippen LogP contribution < -0.4 is 5.32 Å². The highest BCUT2D eigenvalue weighted by Gasteiger charge is 2.19. The van der Waals surface area contributed by atoms with Crippen LogP contribution in [0.1, 0.15) is 23.9 Å². The van der Waals surface area contributed by atoms with Crippen LogP contribution in [-0.4, -0.2) is 64.5 Å². The predicted molar refractivity (Wildman–Crippen MR) is 109 cm³/mol. The Balaban J connectivity index is 1.41. The minimum absolute atomic E-state index is 0.0724. The van der Waals surface area contributed by atoms with Crippen molar-refractivity contribution in [2.45, 2.75) is 33.7 Å². The number of benzene rings is 1. The molecule has 0 saturated carbocycles. The molecule has 1 aliphatic rings. The molecule has 1 amide bonds. The molecule has 2 heterocycles. The van der Waals surface area contributed by atoms with Gasteiger partial charge in [-0.15, -0.1) is 0 Å². The van der Waals surface area contributed by atoms with Crippen LogP contribution in [0.25, 0.3) is 0 Å². The molecule has 27 heavy (non-hydrogen) atoms. The molecule has 6 heteroatoms. The first kappa shape index (κ1) is 19.6. The number of hydrogen-bond acceptors (Lipinski definition) is 4. The lowest BCUT2D eigenvalue weighted by molar-refractivity contribution is -0.117. The van der Waals surface area contributed by atoms with E-state index in [1.165, 1.54) is 5.56 Å². The fourth-order valence-corrected chi connectivity index (χ4v) is 3.56. The Morgan fingerprint density at radius 3 is 2.59 bits per heavy atom. The second-order valence-electron chi connectivity index (χ2n) is 7.30. The van der Waals surface area contributed by atoms with Gasteiger partial charge in [-0.05, 0) is 31.0 Å². The van der Waals surface area contributed by atoms with E-state index in [4.69, 9.17) is 0 Å². The summed E-state index contributed by atoms with van der Waals surface area (Å²) >= 11 is 0. The van der Waals surface area contributed by atoms with Crippen molar-refractivity contribution in [3.63, 3.8) is 0 Å². The lowest BCUT2D eigenvalue weighted by atomic mass is 10.1. The van der Waals surface area contributed by atoms with Crippen LogP contribution in [0.15, 0.2) is 30.6 Å². The number of hydrogen-bond donors (Lipinski definition) is 1. The smallest absolute Gasteiger partial charge is 0.238 e. The zero-order valence-corrected chi connectivity index (χ0v) is 16.7. The molecule has 3 rings (SSSR count). The fraction of sp³-hybridized carbons (Fsp3) is 0.524. The van der Waals surface area contributed by atoms with E-state index in [2.05, 4.69) is 50.8 Å². The monoisotopic (exact) mass is 369 g/mol. The van der Waals surface area contributed by atoms with E-state index in [1.54, 1.807) is 0 Å². The third kappa shape index (κ3) is 5.17. The SMILES string of the molecule is CCc1nccn1CCN1CCN(CC(=O)Nc2cccc(C)c2C)CC1. The van der Waals surface area contributed by atoms with Crippen molar-refractivity contribution in [1.82, 2.24) is 19.4 Å². The van der Waals surface area contributed by atoms with Crippen molar-refractivity contribution in [1.29, 1.82) is 0 Å². The maximum absolute atomic E-state index is 12.4. The van der Waals surface area contributed by atoms with E-state index in [1.807, 2.05) is 25.3 Å². The van der Waals surface area contributed by atoms with E-state index >= 15 is 0 Å². The highest BCUT2D eigenvalue weighted by molar-refractivity contribution is 5.93. The van der Waals surface area contributed by atoms with Crippen LogP contribution >= 0.6 is 0 Å². The normalized spacial score (nSPS) is 15.8. The number of aryl methyl sites for hydroxylation is 2. The summed E-state index contributed by atoms with van der Waals surface area (Å²) in [6.07, 6.45) is 4.91. The molecule has 0 spiro atoms. The van der Waals surface area contributed by atoms with Crippen molar-refractivity contribution in [2.24, 2.45) is 0 Å². The van der Waals surface area contributed by atoms with Gasteiger partial charge in [0.2, 0.25) is 5.91 Å². The molecule has 0 aliphatic carbocycles. The maximum Gasteiger partial charge on any atom is 0.238 e. The number of rotatable bonds is 7. The van der Waals surface area contributed by atoms with Gasteiger partial charge in [-0.3, -0.25) is 14.6 Å². The number of nitrogens with one attached hydrogen (secondary N) is 1. The van der Waals surface area contributed by atoms with Crippen molar-refractivity contribution in [2.75, 3.05) is 44.6 Å². The van der Waals surface area contributed by atoms with Crippen LogP contribution in [0.5, 0.6) is 0 Å². The Morgan fingerprint density at radius 1 is 1.11 bits per heavy atom. The second-order valence-corrected chi connectivity index (χ2v) is 7.30. The van der Waals surface area contributed by atoms with E-state index < -0.39 is 0 Å². The Hall–Kier alpha value is -2.18. The number of anilines is 1. The van der Waals surface area contributed by atoms with E-state index in [-0.39, 0.29) is 5.91 Å². The van der Waals surface area contributed by atoms with Crippen molar-refractivity contribution in [3.05, 3.63) is 47.5 Å². The van der Waals surface area contributed by atoms with Crippen LogP contribution in [0, 0.1) is 13.8 Å². The first-order chi connectivity index (χ1) is 13.1. The van der Waals surface area contributed by atoms with Gasteiger partial charge in [0.15, 0.2) is 0 Å². The standard InChI is InChI=1S/C21H31N5O/c1-4-20-22-8-9-26(20)15-14-24-10-12-25(13-11-24)16-21(27)23-19-7-5-6-17(2)18(19)3/h5-9H,4,10-16H2,1-3H3,(H,23,27). The average molecular weight is 370 g/mol. The van der Waals surface area contributed by atoms with Gasteiger partial charge in [0, 0.05) is 63.8 Å². The largest absolute Gasteiger partial charge is 0.334 e. The molecule has 0 atom stereocenters. The van der Waals surface area contributed by atoms with Gasteiger partial charge < -0.3 is 9.88 Å². The molecular weight excluding hydrogens is 338 g/mol. The number of aromatic nitrogens is 2. The third-order valence-electron chi connectivity index (χ3n) is 5.49. The molecule has 1 aromatic heterocycles. The van der Waals surface area contributed by atoms with Gasteiger partial charge in [-0.1, -0.05) is 19.1 Å². The molecule has 1 fully saturated rings. The average Bonchev–Trinajstić information content (AvgIpc) is 3.12. The van der Waals surface area contributed by atoms with Gasteiger partial charge in [-0.2, -0.15) is 0 Å². The molecule has 1 aliphatic heterocycles. The molecule has 0 bridgehead atoms. The van der Waals surface area contributed by atoms with Gasteiger partial charge in [0.1, 0.15) is 5.82 Å². The molecule has 0 radical (unpaired) electrons. The summed E-state index contributed by atoms with van der Waals surface area (Å²) in [5.74, 6) is 1.22. The lowest BCUT2D eigenvalue weighted by Crippen LogP contribution is -2.49. The lowest BCUT2D eigenvalue weighted by Gasteiger charge is -2.34. The van der Waals surface area contributed by atoms with Gasteiger partial charge in [-0.25, -0.2) is 4.98 Å². The molecule has 1 aromatic carbocycles. The summed E-state index contributed by atoms with van der Waals surface area (Å²) in [5, 5.41) is 3.06. The van der Waals surface area contributed by atoms with Crippen molar-refractivity contribution >= 4 is 11.6 Å². The topological polar surface area (TPSA) is 53.4 Å². The molecule has 2 aromatic rings. The van der Waals surface area contributed by atoms with Gasteiger partial charge in [0.05, 0.1) is 6.54 Å². The molecule has 1 N–H and O–H groups in total. The van der Waals surface area contributed by atoms with E-state index in [0.717, 1.165) is 62.8 Å². The van der Waals surface area contributed by atoms with Crippen LogP contribution in [0.4, 0.5) is 5.69 Å². The number of carbonyl (C=O) groups excluding carboxylic acids is 1. The molecule has 1 saturated heterocycles. The third-order valence-corrected chi connectivity index (χ3v) is 5.49. The quantitative estimate of drug-likeness (QED) is 0.814. The Bertz CT molecular complexity index is 762. The summed E-state index contributed by atoms with van der Waals surface area (Å²) < 4.78 is 2.24. The first-order valence-electron chi connectivity index (χ1n) is 9.87. The molecule has 0 unspecified atom stereocenters. The summed E-state index contributed by atoms with van der Waals surface area (Å²) in [4.78, 5) is 21.5. The predicted octanol–water partition coefficient (Wildman–Crippen LogP) is 2.32. The Kier molecular flexibility index (Phi) is 6.63. The number of piperazine rings is 1. The minimum Gasteiger partial charge on any atom is -0.334 e. The number of imidazole rings is 1. The summed E-state index contributed by atoms with van der Waals surface area (Å²) in [6.45, 7) is 12.6. The number of nitrogens with zero attached hydrogens (tertiary/aromatic N) is 4. The second kappa shape index (κ2) is 9.15. The highest BCUT2D eigenvalue weighted by Crippen LogP contribution is 2.18. The number of carbonyl (C=O) groups is 1. The Morgan fingerprint density at radius 2 is 1.85 bits per heavy atom. The summed E-state index contributed by atoms with van der Waals surface area (Å²) in [7, 11) is 0. The van der Waals surface area contributed by atoms with Gasteiger partial charge >= 0.3 is 0 Å². The van der Waals surface area contributed by atoms with Gasteiger partial charge in [0.25, 0.3) is 0 Å². The van der Waals surface area contributed by atoms with Crippen molar-refractivity contribution < 1.29 is 4.79 Å². The molecule has 6 nitrogen and oxygen atoms in total. The molecule has 146 valence electrons. The zero-order valence-electron chi connectivity index (χ0n) is 16.7. The maximum atomic E-state index is 12.4. The first-order valence-corrected chi connectivity index (χ1v) is 9.87. The summed E-state index contributed by atoms with van der Waals surface area (Å²) in [5.41, 5.74) is 3.26. The zero-order chi connectivity index (χ0) is 19.2. The fourth-order valence-electron chi connectivity index (χ4n) is 3.56. The summed E-state index contributed by atoms with van der Waals surface area (Å²) in [6, 6.07) is 6.03. The van der Waals surface area contributed by atoms with Crippen LogP contribution in [0.2, 0.25) is 0 Å². The van der Waals surface area contributed by atoms with Crippen LogP contribution in [0.3, 0.4) is 0 Å². The van der Waals surface area contributed by atoms with E-state index in [0.29, 0.717) is 6.54 Å². The minimum atomic E-state index is 0.0724. The molecular formula is C21H31N5O. The van der Waals surface area contributed by atoms with E-state index in [9.17, 15) is 4.79 Å². The Labute approximate surface area is 162 Å². The van der Waals surface area contributed by atoms with Crippen LogP contribution in [-0.2, 0) is 17.8 Å². The number of amides is 1. The highest BCUT2D eigenvalue weighted by atomic mass is 16.2.